The van der Waals surface area contributed by atoms with Gasteiger partial charge >= 0.3 is 51.4 Å². The molecule has 0 aliphatic heterocycles. The van der Waals surface area contributed by atoms with Crippen molar-refractivity contribution in [3.63, 3.8) is 0 Å². The van der Waals surface area contributed by atoms with Crippen LogP contribution in [0.5, 0.6) is 0 Å². The molecular formula is C5H13KO3S. The summed E-state index contributed by atoms with van der Waals surface area (Å²) in [5.41, 5.74) is 0. The second-order valence-electron chi connectivity index (χ2n) is 1.72. The predicted molar refractivity (Wildman–Crippen MR) is 37.8 cm³/mol. The Hall–Kier alpha value is 1.42. The Morgan fingerprint density at radius 3 is 1.30 bits per heavy atom. The summed E-state index contributed by atoms with van der Waals surface area (Å²) < 4.78 is 0. The third-order valence-corrected chi connectivity index (χ3v) is 0. The largest absolute Gasteiger partial charge is 1.00 e. The summed E-state index contributed by atoms with van der Waals surface area (Å²) in [4.78, 5) is 8.89. The third kappa shape index (κ3) is 332. The molecule has 5 heteroatoms. The maximum Gasteiger partial charge on any atom is 1.00 e. The average Bonchev–Trinajstić information content (AvgIpc) is 1.25. The van der Waals surface area contributed by atoms with Gasteiger partial charge in [-0.05, 0) is 17.8 Å². The standard InChI is InChI=1S/C3H9S.C2H4O2.K.H2O/c1-4(2)3;1-2(3)4;;/h1-3H3;1H3,(H,3,4);;1H2/q+1;;+1;/p-2. The minimum absolute atomic E-state index is 0. The van der Waals surface area contributed by atoms with E-state index in [2.05, 4.69) is 18.8 Å². The quantitative estimate of drug-likeness (QED) is 0.291. The van der Waals surface area contributed by atoms with Crippen molar-refractivity contribution in [2.75, 3.05) is 18.8 Å². The molecule has 0 saturated carbocycles. The topological polar surface area (TPSA) is 70.1 Å². The van der Waals surface area contributed by atoms with Gasteiger partial charge in [-0.3, -0.25) is 0 Å². The Labute approximate surface area is 108 Å². The number of carbonyl (C=O) groups excluding carboxylic acids is 1. The zero-order valence-electron chi connectivity index (χ0n) is 7.17. The van der Waals surface area contributed by atoms with E-state index in [0.717, 1.165) is 6.92 Å². The van der Waals surface area contributed by atoms with Crippen LogP contribution in [-0.4, -0.2) is 30.2 Å². The molecule has 0 radical (unpaired) electrons. The normalized spacial score (nSPS) is 6.10. The van der Waals surface area contributed by atoms with Gasteiger partial charge < -0.3 is 15.4 Å². The molecule has 0 atom stereocenters. The van der Waals surface area contributed by atoms with Crippen molar-refractivity contribution < 1.29 is 66.8 Å². The smallest absolute Gasteiger partial charge is 0.870 e. The number of aliphatic carboxylic acids is 1. The Kier molecular flexibility index (Phi) is 37.8. The van der Waals surface area contributed by atoms with Crippen LogP contribution in [0.3, 0.4) is 0 Å². The molecule has 0 heterocycles. The zero-order chi connectivity index (χ0) is 7.15. The van der Waals surface area contributed by atoms with E-state index in [1.165, 1.54) is 0 Å². The third-order valence-electron chi connectivity index (χ3n) is 0. The number of carbonyl (C=O) groups is 1. The van der Waals surface area contributed by atoms with Crippen molar-refractivity contribution in [3.05, 3.63) is 0 Å². The Bertz CT molecular complexity index is 61.2. The minimum Gasteiger partial charge on any atom is -0.870 e. The van der Waals surface area contributed by atoms with Crippen LogP contribution in [0.4, 0.5) is 0 Å². The molecule has 0 aromatic carbocycles. The van der Waals surface area contributed by atoms with Gasteiger partial charge in [0, 0.05) is 5.97 Å². The van der Waals surface area contributed by atoms with Crippen LogP contribution < -0.4 is 56.5 Å². The first kappa shape index (κ1) is 22.5. The zero-order valence-corrected chi connectivity index (χ0v) is 11.1. The molecular weight excluding hydrogens is 179 g/mol. The summed E-state index contributed by atoms with van der Waals surface area (Å²) in [5.74, 6) is -1.08. The summed E-state index contributed by atoms with van der Waals surface area (Å²) in [7, 11) is 0.639. The summed E-state index contributed by atoms with van der Waals surface area (Å²) in [6.45, 7) is 0.972. The van der Waals surface area contributed by atoms with E-state index in [1.54, 1.807) is 0 Å². The van der Waals surface area contributed by atoms with E-state index in [9.17, 15) is 0 Å². The molecule has 0 aliphatic rings. The second-order valence-corrected chi connectivity index (χ2v) is 4.17. The van der Waals surface area contributed by atoms with Gasteiger partial charge in [-0.15, -0.1) is 0 Å². The Morgan fingerprint density at radius 1 is 1.30 bits per heavy atom. The van der Waals surface area contributed by atoms with Crippen molar-refractivity contribution >= 4 is 16.9 Å². The van der Waals surface area contributed by atoms with Gasteiger partial charge in [-0.25, -0.2) is 0 Å². The number of carboxylic acid groups (broad SMARTS) is 1. The Morgan fingerprint density at radius 2 is 1.30 bits per heavy atom. The fraction of sp³-hybridized carbons (Fsp3) is 0.800. The van der Waals surface area contributed by atoms with Crippen LogP contribution in [0, 0.1) is 0 Å². The van der Waals surface area contributed by atoms with Crippen LogP contribution in [-0.2, 0) is 15.7 Å². The van der Waals surface area contributed by atoms with Crippen molar-refractivity contribution in [2.45, 2.75) is 6.92 Å². The first-order chi connectivity index (χ1) is 3.46. The molecule has 0 aromatic heterocycles. The van der Waals surface area contributed by atoms with Gasteiger partial charge in [0.15, 0.2) is 0 Å². The SMILES string of the molecule is CC(=O)[O-].C[S+](C)C.[K+].[OH-]. The summed E-state index contributed by atoms with van der Waals surface area (Å²) in [6, 6.07) is 0. The van der Waals surface area contributed by atoms with E-state index < -0.39 is 5.97 Å². The average molecular weight is 192 g/mol. The molecule has 0 spiro atoms. The van der Waals surface area contributed by atoms with Crippen LogP contribution in [0.1, 0.15) is 6.92 Å². The maximum absolute atomic E-state index is 8.89. The minimum atomic E-state index is -1.08. The van der Waals surface area contributed by atoms with Crippen LogP contribution in [0.15, 0.2) is 0 Å². The van der Waals surface area contributed by atoms with Crippen LogP contribution in [0.2, 0.25) is 0 Å². The van der Waals surface area contributed by atoms with Crippen molar-refractivity contribution in [1.82, 2.24) is 0 Å². The molecule has 0 rings (SSSR count). The molecule has 0 saturated heterocycles. The van der Waals surface area contributed by atoms with E-state index in [4.69, 9.17) is 9.90 Å². The number of hydrogen-bond acceptors (Lipinski definition) is 3. The molecule has 3 nitrogen and oxygen atoms in total. The number of carboxylic acids is 1. The van der Waals surface area contributed by atoms with Crippen molar-refractivity contribution in [2.24, 2.45) is 0 Å². The van der Waals surface area contributed by atoms with Crippen molar-refractivity contribution in [1.29, 1.82) is 0 Å². The Balaban J connectivity index is -0.0000000300. The molecule has 0 aromatic rings. The number of rotatable bonds is 0. The maximum atomic E-state index is 8.89. The predicted octanol–water partition coefficient (Wildman–Crippen LogP) is -3.92. The molecule has 0 bridgehead atoms. The second kappa shape index (κ2) is 16.8. The van der Waals surface area contributed by atoms with Crippen molar-refractivity contribution in [3.8, 4) is 0 Å². The fourth-order valence-electron chi connectivity index (χ4n) is 0. The van der Waals surface area contributed by atoms with E-state index in [-0.39, 0.29) is 56.9 Å². The van der Waals surface area contributed by atoms with Gasteiger partial charge in [0.2, 0.25) is 0 Å². The summed E-state index contributed by atoms with van der Waals surface area (Å²) in [6.07, 6.45) is 6.58. The van der Waals surface area contributed by atoms with E-state index >= 15 is 0 Å². The molecule has 0 unspecified atom stereocenters. The molecule has 0 amide bonds. The van der Waals surface area contributed by atoms with E-state index in [1.807, 2.05) is 0 Å². The van der Waals surface area contributed by atoms with Gasteiger partial charge in [-0.2, -0.15) is 0 Å². The molecule has 58 valence electrons. The summed E-state index contributed by atoms with van der Waals surface area (Å²) >= 11 is 0. The molecule has 1 N–H and O–H groups in total. The first-order valence-corrected chi connectivity index (χ1v) is 4.58. The van der Waals surface area contributed by atoms with Gasteiger partial charge in [0.25, 0.3) is 0 Å². The molecule has 10 heavy (non-hydrogen) atoms. The van der Waals surface area contributed by atoms with Crippen LogP contribution in [0.25, 0.3) is 0 Å². The first-order valence-electron chi connectivity index (χ1n) is 2.13. The molecule has 0 fully saturated rings. The number of hydrogen-bond donors (Lipinski definition) is 0. The monoisotopic (exact) mass is 192 g/mol. The summed E-state index contributed by atoms with van der Waals surface area (Å²) in [5, 5.41) is 8.89. The van der Waals surface area contributed by atoms with Gasteiger partial charge in [-0.1, -0.05) is 0 Å². The molecule has 0 aliphatic carbocycles. The van der Waals surface area contributed by atoms with Gasteiger partial charge in [0.05, 0.1) is 18.8 Å². The van der Waals surface area contributed by atoms with Crippen LogP contribution >= 0.6 is 0 Å². The van der Waals surface area contributed by atoms with E-state index in [0.29, 0.717) is 10.9 Å². The van der Waals surface area contributed by atoms with Gasteiger partial charge in [0.1, 0.15) is 0 Å². The fourth-order valence-corrected chi connectivity index (χ4v) is 0.